The lowest BCUT2D eigenvalue weighted by molar-refractivity contribution is 0.139. The van der Waals surface area contributed by atoms with Crippen molar-refractivity contribution < 1.29 is 14.2 Å². The van der Waals surface area contributed by atoms with Gasteiger partial charge in [0, 0.05) is 45.8 Å². The largest absolute Gasteiger partial charge is 0.493 e. The van der Waals surface area contributed by atoms with Crippen LogP contribution in [0.4, 0.5) is 0 Å². The number of aliphatic imine (C=N–C) groups is 1. The topological polar surface area (TPSA) is 70.6 Å². The van der Waals surface area contributed by atoms with E-state index in [1.165, 1.54) is 0 Å². The van der Waals surface area contributed by atoms with Crippen molar-refractivity contribution in [2.45, 2.75) is 20.4 Å². The molecule has 2 N–H and O–H groups in total. The molecule has 1 aliphatic rings. The number of guanidine groups is 1. The molecular formula is C22H39N5O3. The standard InChI is InChI=1S/C22H39N5O3/c1-7-23-22(24-14-17(2)16-27-10-8-26(3)9-11-27)25-15-18-12-19(28-4)21(30-6)20(13-18)29-5/h12-13,17H,7-11,14-16H2,1-6H3,(H2,23,24,25). The van der Waals surface area contributed by atoms with E-state index in [9.17, 15) is 0 Å². The minimum Gasteiger partial charge on any atom is -0.493 e. The Hall–Kier alpha value is -2.19. The summed E-state index contributed by atoms with van der Waals surface area (Å²) in [5.41, 5.74) is 0.993. The highest BCUT2D eigenvalue weighted by Gasteiger charge is 2.16. The van der Waals surface area contributed by atoms with Crippen LogP contribution in [0.5, 0.6) is 17.2 Å². The third-order valence-corrected chi connectivity index (χ3v) is 5.27. The molecule has 2 rings (SSSR count). The summed E-state index contributed by atoms with van der Waals surface area (Å²) in [5.74, 6) is 3.23. The lowest BCUT2D eigenvalue weighted by Crippen LogP contribution is -2.47. The molecule has 0 radical (unpaired) electrons. The Morgan fingerprint density at radius 1 is 1.03 bits per heavy atom. The molecule has 1 fully saturated rings. The fourth-order valence-electron chi connectivity index (χ4n) is 3.55. The first-order valence-corrected chi connectivity index (χ1v) is 10.7. The number of piperazine rings is 1. The van der Waals surface area contributed by atoms with E-state index in [2.05, 4.69) is 41.3 Å². The summed E-state index contributed by atoms with van der Waals surface area (Å²) in [6.07, 6.45) is 0. The number of rotatable bonds is 10. The van der Waals surface area contributed by atoms with E-state index in [4.69, 9.17) is 19.2 Å². The molecule has 1 aromatic rings. The van der Waals surface area contributed by atoms with E-state index in [0.29, 0.717) is 29.7 Å². The molecule has 0 aliphatic carbocycles. The predicted molar refractivity (Wildman–Crippen MR) is 122 cm³/mol. The molecule has 30 heavy (non-hydrogen) atoms. The number of nitrogens with zero attached hydrogens (tertiary/aromatic N) is 3. The van der Waals surface area contributed by atoms with Crippen LogP contribution in [0, 0.1) is 5.92 Å². The van der Waals surface area contributed by atoms with Crippen molar-refractivity contribution in [1.29, 1.82) is 0 Å². The number of benzene rings is 1. The van der Waals surface area contributed by atoms with E-state index in [1.807, 2.05) is 12.1 Å². The van der Waals surface area contributed by atoms with Crippen LogP contribution in [0.2, 0.25) is 0 Å². The Morgan fingerprint density at radius 2 is 1.67 bits per heavy atom. The van der Waals surface area contributed by atoms with Crippen molar-refractivity contribution in [3.8, 4) is 17.2 Å². The molecule has 1 saturated heterocycles. The summed E-state index contributed by atoms with van der Waals surface area (Å²) < 4.78 is 16.3. The Labute approximate surface area is 181 Å². The van der Waals surface area contributed by atoms with E-state index in [0.717, 1.165) is 57.3 Å². The SMILES string of the molecule is CCNC(=NCc1cc(OC)c(OC)c(OC)c1)NCC(C)CN1CCN(C)CC1. The highest BCUT2D eigenvalue weighted by molar-refractivity contribution is 5.79. The Balaban J connectivity index is 1.95. The van der Waals surface area contributed by atoms with Gasteiger partial charge in [-0.1, -0.05) is 6.92 Å². The number of ether oxygens (including phenoxy) is 3. The second-order valence-corrected chi connectivity index (χ2v) is 7.82. The first-order valence-electron chi connectivity index (χ1n) is 10.7. The van der Waals surface area contributed by atoms with Crippen LogP contribution in [-0.2, 0) is 6.54 Å². The summed E-state index contributed by atoms with van der Waals surface area (Å²) in [7, 11) is 7.04. The van der Waals surface area contributed by atoms with Crippen LogP contribution in [0.1, 0.15) is 19.4 Å². The summed E-state index contributed by atoms with van der Waals surface area (Å²) >= 11 is 0. The van der Waals surface area contributed by atoms with Crippen LogP contribution >= 0.6 is 0 Å². The molecule has 1 aromatic carbocycles. The molecule has 0 spiro atoms. The van der Waals surface area contributed by atoms with Crippen LogP contribution in [0.15, 0.2) is 17.1 Å². The Morgan fingerprint density at radius 3 is 2.20 bits per heavy atom. The maximum absolute atomic E-state index is 5.44. The maximum atomic E-state index is 5.44. The lowest BCUT2D eigenvalue weighted by Gasteiger charge is -2.34. The summed E-state index contributed by atoms with van der Waals surface area (Å²) in [6.45, 7) is 12.3. The second kappa shape index (κ2) is 12.5. The minimum absolute atomic E-state index is 0.513. The Bertz CT molecular complexity index is 650. The van der Waals surface area contributed by atoms with E-state index < -0.39 is 0 Å². The van der Waals surface area contributed by atoms with Crippen molar-refractivity contribution in [2.75, 3.05) is 74.2 Å². The van der Waals surface area contributed by atoms with Crippen molar-refractivity contribution in [1.82, 2.24) is 20.4 Å². The van der Waals surface area contributed by atoms with Crippen molar-refractivity contribution >= 4 is 5.96 Å². The lowest BCUT2D eigenvalue weighted by atomic mass is 10.1. The summed E-state index contributed by atoms with van der Waals surface area (Å²) in [4.78, 5) is 9.68. The van der Waals surface area contributed by atoms with E-state index in [-0.39, 0.29) is 0 Å². The number of nitrogens with one attached hydrogen (secondary N) is 2. The third kappa shape index (κ3) is 7.25. The van der Waals surface area contributed by atoms with Crippen molar-refractivity contribution in [3.63, 3.8) is 0 Å². The second-order valence-electron chi connectivity index (χ2n) is 7.82. The van der Waals surface area contributed by atoms with Gasteiger partial charge in [0.25, 0.3) is 0 Å². The molecule has 0 saturated carbocycles. The first-order chi connectivity index (χ1) is 14.5. The van der Waals surface area contributed by atoms with Gasteiger partial charge in [-0.2, -0.15) is 0 Å². The molecule has 170 valence electrons. The highest BCUT2D eigenvalue weighted by atomic mass is 16.5. The van der Waals surface area contributed by atoms with Crippen molar-refractivity contribution in [2.24, 2.45) is 10.9 Å². The molecule has 8 nitrogen and oxygen atoms in total. The first kappa shape index (κ1) is 24.1. The van der Waals surface area contributed by atoms with Crippen LogP contribution in [-0.4, -0.2) is 89.9 Å². The average molecular weight is 422 g/mol. The van der Waals surface area contributed by atoms with Gasteiger partial charge in [-0.25, -0.2) is 4.99 Å². The molecule has 1 unspecified atom stereocenters. The number of likely N-dealkylation sites (N-methyl/N-ethyl adjacent to an activating group) is 1. The number of hydrogen-bond donors (Lipinski definition) is 2. The van der Waals surface area contributed by atoms with Gasteiger partial charge in [-0.15, -0.1) is 0 Å². The third-order valence-electron chi connectivity index (χ3n) is 5.27. The van der Waals surface area contributed by atoms with Gasteiger partial charge in [-0.05, 0) is 37.6 Å². The van der Waals surface area contributed by atoms with E-state index in [1.54, 1.807) is 21.3 Å². The molecule has 0 bridgehead atoms. The molecule has 1 aliphatic heterocycles. The molecule has 1 atom stereocenters. The van der Waals surface area contributed by atoms with Gasteiger partial charge >= 0.3 is 0 Å². The summed E-state index contributed by atoms with van der Waals surface area (Å²) in [5, 5.41) is 6.81. The zero-order valence-corrected chi connectivity index (χ0v) is 19.5. The smallest absolute Gasteiger partial charge is 0.203 e. The quantitative estimate of drug-likeness (QED) is 0.440. The maximum Gasteiger partial charge on any atom is 0.203 e. The highest BCUT2D eigenvalue weighted by Crippen LogP contribution is 2.38. The van der Waals surface area contributed by atoms with Gasteiger partial charge in [0.1, 0.15) is 0 Å². The molecule has 8 heteroatoms. The summed E-state index contributed by atoms with van der Waals surface area (Å²) in [6, 6.07) is 3.87. The van der Waals surface area contributed by atoms with Crippen LogP contribution < -0.4 is 24.8 Å². The normalized spacial score (nSPS) is 16.8. The average Bonchev–Trinajstić information content (AvgIpc) is 2.76. The fourth-order valence-corrected chi connectivity index (χ4v) is 3.55. The molecule has 1 heterocycles. The van der Waals surface area contributed by atoms with Gasteiger partial charge in [0.05, 0.1) is 27.9 Å². The zero-order chi connectivity index (χ0) is 21.9. The number of hydrogen-bond acceptors (Lipinski definition) is 6. The minimum atomic E-state index is 0.513. The Kier molecular flexibility index (Phi) is 10.0. The van der Waals surface area contributed by atoms with E-state index >= 15 is 0 Å². The number of methoxy groups -OCH3 is 3. The van der Waals surface area contributed by atoms with Gasteiger partial charge in [-0.3, -0.25) is 0 Å². The van der Waals surface area contributed by atoms with Gasteiger partial charge in [0.2, 0.25) is 5.75 Å². The zero-order valence-electron chi connectivity index (χ0n) is 19.5. The monoisotopic (exact) mass is 421 g/mol. The van der Waals surface area contributed by atoms with Crippen molar-refractivity contribution in [3.05, 3.63) is 17.7 Å². The van der Waals surface area contributed by atoms with Crippen LogP contribution in [0.3, 0.4) is 0 Å². The molecular weight excluding hydrogens is 382 g/mol. The van der Waals surface area contributed by atoms with Gasteiger partial charge < -0.3 is 34.6 Å². The predicted octanol–water partition coefficient (Wildman–Crippen LogP) is 1.65. The fraction of sp³-hybridized carbons (Fsp3) is 0.682. The molecule has 0 amide bonds. The van der Waals surface area contributed by atoms with Crippen LogP contribution in [0.25, 0.3) is 0 Å². The molecule has 0 aromatic heterocycles. The van der Waals surface area contributed by atoms with Gasteiger partial charge in [0.15, 0.2) is 17.5 Å².